The summed E-state index contributed by atoms with van der Waals surface area (Å²) in [7, 11) is -4.00. The average Bonchev–Trinajstić information content (AvgIpc) is 3.24. The van der Waals surface area contributed by atoms with Crippen molar-refractivity contribution >= 4 is 21.6 Å². The molecule has 0 bridgehead atoms. The summed E-state index contributed by atoms with van der Waals surface area (Å²) in [5.41, 5.74) is -5.57. The molecule has 0 aliphatic rings. The molecular formula is C21H15F8N3O4S. The van der Waals surface area contributed by atoms with Crippen molar-refractivity contribution in [3.05, 3.63) is 70.6 Å². The van der Waals surface area contributed by atoms with E-state index >= 15 is 0 Å². The first kappa shape index (κ1) is 27.9. The minimum Gasteiger partial charge on any atom is -0.444 e. The van der Waals surface area contributed by atoms with Crippen molar-refractivity contribution in [2.75, 3.05) is 11.0 Å². The highest BCUT2D eigenvalue weighted by molar-refractivity contribution is 7.92. The van der Waals surface area contributed by atoms with Gasteiger partial charge in [-0.05, 0) is 42.8 Å². The van der Waals surface area contributed by atoms with Crippen LogP contribution in [0, 0.1) is 11.6 Å². The number of hydrogen-bond donors (Lipinski definition) is 2. The Morgan fingerprint density at radius 3 is 1.92 bits per heavy atom. The van der Waals surface area contributed by atoms with Crippen LogP contribution in [0.3, 0.4) is 0 Å². The molecule has 2 N–H and O–H groups in total. The molecule has 1 heterocycles. The Labute approximate surface area is 203 Å². The van der Waals surface area contributed by atoms with E-state index in [1.165, 1.54) is 6.92 Å². The largest absolute Gasteiger partial charge is 0.444 e. The Morgan fingerprint density at radius 2 is 1.46 bits per heavy atom. The maximum Gasteiger partial charge on any atom is 0.416 e. The summed E-state index contributed by atoms with van der Waals surface area (Å²) >= 11 is 0. The van der Waals surface area contributed by atoms with E-state index in [0.29, 0.717) is 24.7 Å². The molecule has 1 aromatic heterocycles. The second kappa shape index (κ2) is 9.64. The number of sulfonamides is 1. The lowest BCUT2D eigenvalue weighted by atomic mass is 10.0. The smallest absolute Gasteiger partial charge is 0.416 e. The van der Waals surface area contributed by atoms with Gasteiger partial charge >= 0.3 is 12.4 Å². The highest BCUT2D eigenvalue weighted by atomic mass is 32.2. The summed E-state index contributed by atoms with van der Waals surface area (Å²) in [5, 5.41) is 2.28. The fourth-order valence-corrected chi connectivity index (χ4v) is 3.63. The third-order valence-corrected chi connectivity index (χ3v) is 5.35. The van der Waals surface area contributed by atoms with Gasteiger partial charge in [-0.3, -0.25) is 9.52 Å². The van der Waals surface area contributed by atoms with Crippen LogP contribution in [-0.4, -0.2) is 25.6 Å². The van der Waals surface area contributed by atoms with Crippen molar-refractivity contribution in [3.8, 4) is 11.5 Å². The molecule has 7 nitrogen and oxygen atoms in total. The van der Waals surface area contributed by atoms with E-state index in [9.17, 15) is 48.3 Å². The summed E-state index contributed by atoms with van der Waals surface area (Å²) in [6.07, 6.45) is -8.88. The number of rotatable bonds is 6. The van der Waals surface area contributed by atoms with Gasteiger partial charge < -0.3 is 9.73 Å². The zero-order chi connectivity index (χ0) is 27.9. The predicted molar refractivity (Wildman–Crippen MR) is 113 cm³/mol. The summed E-state index contributed by atoms with van der Waals surface area (Å²) < 4.78 is 136. The summed E-state index contributed by atoms with van der Waals surface area (Å²) in [5.74, 6) is -4.32. The highest BCUT2D eigenvalue weighted by Gasteiger charge is 2.37. The van der Waals surface area contributed by atoms with Gasteiger partial charge in [0.15, 0.2) is 17.3 Å². The first-order valence-electron chi connectivity index (χ1n) is 9.88. The molecule has 1 atom stereocenters. The molecule has 0 saturated carbocycles. The van der Waals surface area contributed by atoms with Gasteiger partial charge in [0, 0.05) is 5.56 Å². The first-order valence-corrected chi connectivity index (χ1v) is 11.8. The maximum absolute atomic E-state index is 14.2. The number of halogens is 8. The number of carbonyl (C=O) groups excluding carboxylic acids is 1. The monoisotopic (exact) mass is 557 g/mol. The standard InChI is InChI=1S/C21H15F8N3O4S/c1-9(10-5-14(22)17(15(23)6-10)32-37(2,34)35)30-18(33)16-8-36-19(31-16)11-3-12(20(24,25)26)7-13(4-11)21(27,28)29/h3-9,32H,1-2H3,(H,30,33). The van der Waals surface area contributed by atoms with Crippen molar-refractivity contribution in [1.29, 1.82) is 0 Å². The molecule has 1 amide bonds. The topological polar surface area (TPSA) is 101 Å². The molecule has 16 heteroatoms. The highest BCUT2D eigenvalue weighted by Crippen LogP contribution is 2.38. The number of benzene rings is 2. The molecule has 0 saturated heterocycles. The van der Waals surface area contributed by atoms with Crippen molar-refractivity contribution < 1.29 is 52.8 Å². The Hall–Kier alpha value is -3.69. The van der Waals surface area contributed by atoms with Gasteiger partial charge in [-0.1, -0.05) is 0 Å². The van der Waals surface area contributed by atoms with E-state index in [-0.39, 0.29) is 11.6 Å². The SMILES string of the molecule is CC(NC(=O)c1coc(-c2cc(C(F)(F)F)cc(C(F)(F)F)c2)n1)c1cc(F)c(NS(C)(=O)=O)c(F)c1. The maximum atomic E-state index is 14.2. The molecule has 3 rings (SSSR count). The average molecular weight is 557 g/mol. The van der Waals surface area contributed by atoms with Gasteiger partial charge in [-0.25, -0.2) is 22.2 Å². The molecule has 2 aromatic carbocycles. The van der Waals surface area contributed by atoms with Gasteiger partial charge in [0.05, 0.1) is 23.4 Å². The van der Waals surface area contributed by atoms with E-state index in [2.05, 4.69) is 10.3 Å². The van der Waals surface area contributed by atoms with Crippen molar-refractivity contribution in [1.82, 2.24) is 10.3 Å². The van der Waals surface area contributed by atoms with E-state index in [1.807, 2.05) is 0 Å². The number of alkyl halides is 6. The number of carbonyl (C=O) groups is 1. The van der Waals surface area contributed by atoms with Gasteiger partial charge in [0.25, 0.3) is 5.91 Å². The minimum atomic E-state index is -5.12. The third-order valence-electron chi connectivity index (χ3n) is 4.77. The second-order valence-corrected chi connectivity index (χ2v) is 9.51. The van der Waals surface area contributed by atoms with E-state index in [4.69, 9.17) is 4.42 Å². The fraction of sp³-hybridized carbons (Fsp3) is 0.238. The van der Waals surface area contributed by atoms with Crippen molar-refractivity contribution in [3.63, 3.8) is 0 Å². The normalized spacial score (nSPS) is 13.4. The molecule has 37 heavy (non-hydrogen) atoms. The summed E-state index contributed by atoms with van der Waals surface area (Å²) in [6, 6.07) is 1.03. The number of nitrogens with zero attached hydrogens (tertiary/aromatic N) is 1. The molecule has 0 spiro atoms. The van der Waals surface area contributed by atoms with Crippen LogP contribution in [0.2, 0.25) is 0 Å². The van der Waals surface area contributed by atoms with Crippen molar-refractivity contribution in [2.45, 2.75) is 25.3 Å². The molecule has 3 aromatic rings. The molecule has 0 fully saturated rings. The van der Waals surface area contributed by atoms with Crippen LogP contribution < -0.4 is 10.0 Å². The number of hydrogen-bond acceptors (Lipinski definition) is 5. The number of nitrogens with one attached hydrogen (secondary N) is 2. The molecule has 1 unspecified atom stereocenters. The molecule has 0 radical (unpaired) electrons. The predicted octanol–water partition coefficient (Wildman–Crippen LogP) is 5.52. The van der Waals surface area contributed by atoms with Crippen molar-refractivity contribution in [2.24, 2.45) is 0 Å². The quantitative estimate of drug-likeness (QED) is 0.389. The van der Waals surface area contributed by atoms with Gasteiger partial charge in [-0.15, -0.1) is 0 Å². The van der Waals surface area contributed by atoms with Gasteiger partial charge in [0.1, 0.15) is 12.0 Å². The Kier molecular flexibility index (Phi) is 7.27. The van der Waals surface area contributed by atoms with Crippen LogP contribution in [0.5, 0.6) is 0 Å². The molecule has 0 aliphatic carbocycles. The Bertz CT molecular complexity index is 1390. The van der Waals surface area contributed by atoms with E-state index < -0.39 is 79.9 Å². The Balaban J connectivity index is 1.86. The van der Waals surface area contributed by atoms with Crippen LogP contribution in [0.1, 0.15) is 40.1 Å². The van der Waals surface area contributed by atoms with Gasteiger partial charge in [0.2, 0.25) is 15.9 Å². The molecule has 0 aliphatic heterocycles. The second-order valence-electron chi connectivity index (χ2n) is 7.76. The van der Waals surface area contributed by atoms with Gasteiger partial charge in [-0.2, -0.15) is 26.3 Å². The first-order chi connectivity index (χ1) is 16.8. The van der Waals surface area contributed by atoms with E-state index in [1.54, 1.807) is 4.72 Å². The zero-order valence-electron chi connectivity index (χ0n) is 18.6. The lowest BCUT2D eigenvalue weighted by Crippen LogP contribution is -2.27. The minimum absolute atomic E-state index is 0.0866. The van der Waals surface area contributed by atoms with Crippen LogP contribution in [0.25, 0.3) is 11.5 Å². The Morgan fingerprint density at radius 1 is 0.946 bits per heavy atom. The lowest BCUT2D eigenvalue weighted by Gasteiger charge is -2.15. The van der Waals surface area contributed by atoms with Crippen LogP contribution in [0.15, 0.2) is 41.0 Å². The number of anilines is 1. The van der Waals surface area contributed by atoms with E-state index in [0.717, 1.165) is 12.1 Å². The third kappa shape index (κ3) is 6.75. The van der Waals surface area contributed by atoms with Crippen LogP contribution in [-0.2, 0) is 22.4 Å². The number of amides is 1. The molecule has 200 valence electrons. The lowest BCUT2D eigenvalue weighted by molar-refractivity contribution is -0.143. The summed E-state index contributed by atoms with van der Waals surface area (Å²) in [6.45, 7) is 1.29. The summed E-state index contributed by atoms with van der Waals surface area (Å²) in [4.78, 5) is 16.1. The zero-order valence-corrected chi connectivity index (χ0v) is 19.4. The fourth-order valence-electron chi connectivity index (χ4n) is 3.07. The molecular weight excluding hydrogens is 542 g/mol. The van der Waals surface area contributed by atoms with Crippen LogP contribution >= 0.6 is 0 Å². The number of aromatic nitrogens is 1. The van der Waals surface area contributed by atoms with Crippen LogP contribution in [0.4, 0.5) is 40.8 Å². The number of oxazole rings is 1.